The highest BCUT2D eigenvalue weighted by Crippen LogP contribution is 2.18. The first kappa shape index (κ1) is 14.5. The number of pyridine rings is 1. The molecule has 5 heteroatoms. The van der Waals surface area contributed by atoms with Crippen molar-refractivity contribution in [3.05, 3.63) is 64.7 Å². The Hall–Kier alpha value is -1.94. The zero-order valence-corrected chi connectivity index (χ0v) is 11.8. The third-order valence-corrected chi connectivity index (χ3v) is 3.29. The molecular weight excluding hydrogens is 279 g/mol. The second-order valence-corrected chi connectivity index (χ2v) is 4.66. The van der Waals surface area contributed by atoms with Crippen LogP contribution in [0.2, 0.25) is 5.02 Å². The van der Waals surface area contributed by atoms with Gasteiger partial charge in [0.1, 0.15) is 5.69 Å². The van der Waals surface area contributed by atoms with Crippen LogP contribution in [0.15, 0.2) is 42.5 Å². The molecule has 0 atom stereocenters. The molecule has 0 bridgehead atoms. The van der Waals surface area contributed by atoms with E-state index in [0.29, 0.717) is 18.1 Å². The number of halogens is 2. The van der Waals surface area contributed by atoms with Crippen molar-refractivity contribution in [3.8, 4) is 0 Å². The molecule has 0 aliphatic carbocycles. The van der Waals surface area contributed by atoms with Crippen LogP contribution in [0.1, 0.15) is 23.0 Å². The van der Waals surface area contributed by atoms with Gasteiger partial charge < -0.3 is 4.90 Å². The molecule has 0 fully saturated rings. The fourth-order valence-electron chi connectivity index (χ4n) is 1.85. The smallest absolute Gasteiger partial charge is 0.272 e. The Morgan fingerprint density at radius 2 is 2.00 bits per heavy atom. The number of hydrogen-bond donors (Lipinski definition) is 0. The Morgan fingerprint density at radius 3 is 2.65 bits per heavy atom. The molecule has 1 aromatic heterocycles. The highest BCUT2D eigenvalue weighted by atomic mass is 35.5. The van der Waals surface area contributed by atoms with Crippen molar-refractivity contribution < 1.29 is 9.18 Å². The monoisotopic (exact) mass is 292 g/mol. The number of nitrogens with zero attached hydrogens (tertiary/aromatic N) is 2. The zero-order chi connectivity index (χ0) is 14.5. The molecule has 0 saturated carbocycles. The summed E-state index contributed by atoms with van der Waals surface area (Å²) in [5.41, 5.74) is 0.944. The van der Waals surface area contributed by atoms with Gasteiger partial charge in [0.2, 0.25) is 5.95 Å². The van der Waals surface area contributed by atoms with Crippen LogP contribution in [0.4, 0.5) is 4.39 Å². The van der Waals surface area contributed by atoms with Crippen LogP contribution in [-0.4, -0.2) is 22.3 Å². The Kier molecular flexibility index (Phi) is 4.69. The molecule has 0 unspecified atom stereocenters. The summed E-state index contributed by atoms with van der Waals surface area (Å²) in [5, 5.41) is 0.603. The summed E-state index contributed by atoms with van der Waals surface area (Å²) in [6, 6.07) is 11.5. The predicted octanol–water partition coefficient (Wildman–Crippen LogP) is 3.54. The standard InChI is InChI=1S/C15H14ClFN2O/c1-2-19(10-11-6-3-4-7-12(11)16)15(20)13-8-5-9-14(17)18-13/h3-9H,2,10H2,1H3. The molecule has 0 spiro atoms. The quantitative estimate of drug-likeness (QED) is 0.808. The van der Waals surface area contributed by atoms with Gasteiger partial charge in [0.05, 0.1) is 0 Å². The number of amides is 1. The van der Waals surface area contributed by atoms with Crippen LogP contribution >= 0.6 is 11.6 Å². The van der Waals surface area contributed by atoms with Crippen molar-refractivity contribution in [2.75, 3.05) is 6.54 Å². The van der Waals surface area contributed by atoms with Gasteiger partial charge in [-0.3, -0.25) is 4.79 Å². The van der Waals surface area contributed by atoms with E-state index in [2.05, 4.69) is 4.98 Å². The lowest BCUT2D eigenvalue weighted by atomic mass is 10.2. The summed E-state index contributed by atoms with van der Waals surface area (Å²) in [5.74, 6) is -0.975. The Bertz CT molecular complexity index is 618. The molecule has 1 heterocycles. The van der Waals surface area contributed by atoms with Gasteiger partial charge in [0.15, 0.2) is 0 Å². The number of aromatic nitrogens is 1. The van der Waals surface area contributed by atoms with Crippen molar-refractivity contribution >= 4 is 17.5 Å². The van der Waals surface area contributed by atoms with Crippen LogP contribution in [-0.2, 0) is 6.54 Å². The maximum atomic E-state index is 13.1. The molecule has 2 aromatic rings. The van der Waals surface area contributed by atoms with E-state index in [-0.39, 0.29) is 11.6 Å². The van der Waals surface area contributed by atoms with E-state index in [4.69, 9.17) is 11.6 Å². The predicted molar refractivity (Wildman–Crippen MR) is 76.1 cm³/mol. The summed E-state index contributed by atoms with van der Waals surface area (Å²) < 4.78 is 13.1. The van der Waals surface area contributed by atoms with Gasteiger partial charge in [0, 0.05) is 18.1 Å². The van der Waals surface area contributed by atoms with Gasteiger partial charge in [-0.05, 0) is 30.7 Å². The topological polar surface area (TPSA) is 33.2 Å². The number of rotatable bonds is 4. The van der Waals surface area contributed by atoms with E-state index >= 15 is 0 Å². The maximum absolute atomic E-state index is 13.1. The third-order valence-electron chi connectivity index (χ3n) is 2.92. The lowest BCUT2D eigenvalue weighted by molar-refractivity contribution is 0.0745. The second kappa shape index (κ2) is 6.48. The van der Waals surface area contributed by atoms with Gasteiger partial charge in [-0.25, -0.2) is 4.98 Å². The summed E-state index contributed by atoms with van der Waals surface area (Å²) in [6.07, 6.45) is 0. The molecule has 1 aromatic carbocycles. The highest BCUT2D eigenvalue weighted by Gasteiger charge is 2.17. The minimum atomic E-state index is -0.662. The van der Waals surface area contributed by atoms with Crippen molar-refractivity contribution in [2.45, 2.75) is 13.5 Å². The van der Waals surface area contributed by atoms with Crippen LogP contribution < -0.4 is 0 Å². The van der Waals surface area contributed by atoms with Crippen LogP contribution in [0.3, 0.4) is 0 Å². The largest absolute Gasteiger partial charge is 0.333 e. The summed E-state index contributed by atoms with van der Waals surface area (Å²) >= 11 is 6.09. The van der Waals surface area contributed by atoms with Crippen LogP contribution in [0.25, 0.3) is 0 Å². The van der Waals surface area contributed by atoms with E-state index in [1.807, 2.05) is 25.1 Å². The molecule has 0 aliphatic heterocycles. The van der Waals surface area contributed by atoms with E-state index in [9.17, 15) is 9.18 Å². The molecule has 104 valence electrons. The Balaban J connectivity index is 2.20. The van der Waals surface area contributed by atoms with Crippen molar-refractivity contribution in [1.29, 1.82) is 0 Å². The summed E-state index contributed by atoms with van der Waals surface area (Å²) in [6.45, 7) is 2.71. The van der Waals surface area contributed by atoms with Crippen molar-refractivity contribution in [1.82, 2.24) is 9.88 Å². The molecule has 0 N–H and O–H groups in total. The average Bonchev–Trinajstić information content (AvgIpc) is 2.46. The first-order chi connectivity index (χ1) is 9.61. The molecule has 20 heavy (non-hydrogen) atoms. The number of carbonyl (C=O) groups excluding carboxylic acids is 1. The van der Waals surface area contributed by atoms with E-state index in [0.717, 1.165) is 5.56 Å². The molecule has 3 nitrogen and oxygen atoms in total. The van der Waals surface area contributed by atoms with Crippen molar-refractivity contribution in [2.24, 2.45) is 0 Å². The Morgan fingerprint density at radius 1 is 1.25 bits per heavy atom. The Labute approximate surface area is 122 Å². The second-order valence-electron chi connectivity index (χ2n) is 4.26. The lowest BCUT2D eigenvalue weighted by Gasteiger charge is -2.21. The van der Waals surface area contributed by atoms with Crippen LogP contribution in [0.5, 0.6) is 0 Å². The fraction of sp³-hybridized carbons (Fsp3) is 0.200. The van der Waals surface area contributed by atoms with Gasteiger partial charge >= 0.3 is 0 Å². The average molecular weight is 293 g/mol. The van der Waals surface area contributed by atoms with Gasteiger partial charge in [-0.1, -0.05) is 35.9 Å². The third kappa shape index (κ3) is 3.33. The van der Waals surface area contributed by atoms with Gasteiger partial charge in [0.25, 0.3) is 5.91 Å². The molecule has 2 rings (SSSR count). The number of hydrogen-bond acceptors (Lipinski definition) is 2. The van der Waals surface area contributed by atoms with E-state index in [1.54, 1.807) is 11.0 Å². The van der Waals surface area contributed by atoms with Crippen LogP contribution in [0, 0.1) is 5.95 Å². The maximum Gasteiger partial charge on any atom is 0.272 e. The van der Waals surface area contributed by atoms with Gasteiger partial charge in [-0.2, -0.15) is 4.39 Å². The number of carbonyl (C=O) groups is 1. The zero-order valence-electron chi connectivity index (χ0n) is 11.0. The molecule has 0 radical (unpaired) electrons. The van der Waals surface area contributed by atoms with E-state index < -0.39 is 5.95 Å². The molecule has 1 amide bonds. The SMILES string of the molecule is CCN(Cc1ccccc1Cl)C(=O)c1cccc(F)n1. The lowest BCUT2D eigenvalue weighted by Crippen LogP contribution is -2.31. The van der Waals surface area contributed by atoms with Gasteiger partial charge in [-0.15, -0.1) is 0 Å². The van der Waals surface area contributed by atoms with Crippen molar-refractivity contribution in [3.63, 3.8) is 0 Å². The normalized spacial score (nSPS) is 10.3. The highest BCUT2D eigenvalue weighted by molar-refractivity contribution is 6.31. The molecule has 0 saturated heterocycles. The molecule has 0 aliphatic rings. The first-order valence-electron chi connectivity index (χ1n) is 6.27. The molecular formula is C15H14ClFN2O. The fourth-order valence-corrected chi connectivity index (χ4v) is 2.04. The minimum absolute atomic E-state index is 0.0962. The number of benzene rings is 1. The summed E-state index contributed by atoms with van der Waals surface area (Å²) in [4.78, 5) is 17.5. The summed E-state index contributed by atoms with van der Waals surface area (Å²) in [7, 11) is 0. The first-order valence-corrected chi connectivity index (χ1v) is 6.65. The van der Waals surface area contributed by atoms with E-state index in [1.165, 1.54) is 18.2 Å². The minimum Gasteiger partial charge on any atom is -0.333 e.